The lowest BCUT2D eigenvalue weighted by atomic mass is 10.1. The van der Waals surface area contributed by atoms with Gasteiger partial charge in [-0.25, -0.2) is 18.2 Å². The van der Waals surface area contributed by atoms with Gasteiger partial charge in [0, 0.05) is 24.5 Å². The SMILES string of the molecule is Cc1ccc(S(N)(=O)=O)cc1C(=O)NCCc1ccc(-n2cccn2)cc1. The van der Waals surface area contributed by atoms with Crippen LogP contribution >= 0.6 is 0 Å². The Labute approximate surface area is 157 Å². The molecule has 0 spiro atoms. The van der Waals surface area contributed by atoms with Gasteiger partial charge in [-0.15, -0.1) is 0 Å². The molecule has 0 aliphatic heterocycles. The number of nitrogens with zero attached hydrogens (tertiary/aromatic N) is 2. The number of hydrogen-bond donors (Lipinski definition) is 2. The van der Waals surface area contributed by atoms with Gasteiger partial charge in [0.05, 0.1) is 10.6 Å². The van der Waals surface area contributed by atoms with E-state index in [1.54, 1.807) is 23.9 Å². The van der Waals surface area contributed by atoms with E-state index in [1.165, 1.54) is 12.1 Å². The molecular formula is C19H20N4O3S. The van der Waals surface area contributed by atoms with Crippen molar-refractivity contribution in [2.45, 2.75) is 18.2 Å². The maximum atomic E-state index is 12.4. The fourth-order valence-corrected chi connectivity index (χ4v) is 3.22. The van der Waals surface area contributed by atoms with Crippen molar-refractivity contribution >= 4 is 15.9 Å². The highest BCUT2D eigenvalue weighted by Crippen LogP contribution is 2.15. The van der Waals surface area contributed by atoms with E-state index in [0.29, 0.717) is 24.1 Å². The van der Waals surface area contributed by atoms with Crippen molar-refractivity contribution in [3.05, 3.63) is 77.6 Å². The van der Waals surface area contributed by atoms with Crippen LogP contribution in [0.25, 0.3) is 5.69 Å². The molecule has 0 saturated carbocycles. The second kappa shape index (κ2) is 7.73. The van der Waals surface area contributed by atoms with Crippen LogP contribution in [-0.2, 0) is 16.4 Å². The number of sulfonamides is 1. The minimum atomic E-state index is -3.85. The van der Waals surface area contributed by atoms with Crippen molar-refractivity contribution in [2.24, 2.45) is 5.14 Å². The van der Waals surface area contributed by atoms with Crippen LogP contribution in [0.3, 0.4) is 0 Å². The zero-order chi connectivity index (χ0) is 19.4. The molecule has 8 heteroatoms. The number of amides is 1. The third-order valence-corrected chi connectivity index (χ3v) is 5.10. The van der Waals surface area contributed by atoms with Crippen molar-refractivity contribution in [1.82, 2.24) is 15.1 Å². The summed E-state index contributed by atoms with van der Waals surface area (Å²) in [5, 5.41) is 12.1. The van der Waals surface area contributed by atoms with Gasteiger partial charge in [-0.1, -0.05) is 18.2 Å². The van der Waals surface area contributed by atoms with Gasteiger partial charge >= 0.3 is 0 Å². The minimum Gasteiger partial charge on any atom is -0.352 e. The third-order valence-electron chi connectivity index (χ3n) is 4.19. The summed E-state index contributed by atoms with van der Waals surface area (Å²) in [5.74, 6) is -0.328. The Morgan fingerprint density at radius 1 is 1.19 bits per heavy atom. The number of aryl methyl sites for hydroxylation is 1. The first-order valence-corrected chi connectivity index (χ1v) is 9.90. The summed E-state index contributed by atoms with van der Waals surface area (Å²) in [6.07, 6.45) is 4.24. The number of benzene rings is 2. The van der Waals surface area contributed by atoms with Crippen LogP contribution in [0.1, 0.15) is 21.5 Å². The molecule has 140 valence electrons. The normalized spacial score (nSPS) is 11.3. The molecule has 3 rings (SSSR count). The van der Waals surface area contributed by atoms with Crippen LogP contribution in [0.5, 0.6) is 0 Å². The quantitative estimate of drug-likeness (QED) is 0.676. The number of nitrogens with two attached hydrogens (primary N) is 1. The molecule has 1 heterocycles. The van der Waals surface area contributed by atoms with Gasteiger partial charge in [0.1, 0.15) is 0 Å². The van der Waals surface area contributed by atoms with Crippen LogP contribution < -0.4 is 10.5 Å². The summed E-state index contributed by atoms with van der Waals surface area (Å²) >= 11 is 0. The lowest BCUT2D eigenvalue weighted by molar-refractivity contribution is 0.0953. The smallest absolute Gasteiger partial charge is 0.251 e. The molecule has 0 aliphatic rings. The number of primary sulfonamides is 1. The number of carbonyl (C=O) groups is 1. The summed E-state index contributed by atoms with van der Waals surface area (Å²) in [7, 11) is -3.85. The zero-order valence-corrected chi connectivity index (χ0v) is 15.6. The van der Waals surface area contributed by atoms with Crippen molar-refractivity contribution in [3.8, 4) is 5.69 Å². The van der Waals surface area contributed by atoms with E-state index in [-0.39, 0.29) is 10.8 Å². The Hall–Kier alpha value is -2.97. The van der Waals surface area contributed by atoms with E-state index < -0.39 is 10.0 Å². The maximum Gasteiger partial charge on any atom is 0.251 e. The molecule has 0 radical (unpaired) electrons. The van der Waals surface area contributed by atoms with Gasteiger partial charge in [-0.2, -0.15) is 5.10 Å². The Balaban J connectivity index is 1.61. The van der Waals surface area contributed by atoms with Gasteiger partial charge < -0.3 is 5.32 Å². The molecule has 0 aliphatic carbocycles. The summed E-state index contributed by atoms with van der Waals surface area (Å²) in [5.41, 5.74) is 3.02. The molecule has 0 atom stereocenters. The lowest BCUT2D eigenvalue weighted by Gasteiger charge is -2.10. The van der Waals surface area contributed by atoms with Crippen LogP contribution in [0.4, 0.5) is 0 Å². The molecule has 1 amide bonds. The van der Waals surface area contributed by atoms with E-state index in [1.807, 2.05) is 36.5 Å². The molecule has 0 saturated heterocycles. The van der Waals surface area contributed by atoms with Crippen molar-refractivity contribution < 1.29 is 13.2 Å². The molecule has 7 nitrogen and oxygen atoms in total. The standard InChI is InChI=1S/C19H20N4O3S/c1-14-3-8-17(27(20,25)26)13-18(14)19(24)21-11-9-15-4-6-16(7-5-15)23-12-2-10-22-23/h2-8,10,12-13H,9,11H2,1H3,(H,21,24)(H2,20,25,26). The summed E-state index contributed by atoms with van der Waals surface area (Å²) in [4.78, 5) is 12.3. The first kappa shape index (κ1) is 18.8. The number of nitrogens with one attached hydrogen (secondary N) is 1. The van der Waals surface area contributed by atoms with Crippen LogP contribution in [0, 0.1) is 6.92 Å². The summed E-state index contributed by atoms with van der Waals surface area (Å²) < 4.78 is 24.7. The van der Waals surface area contributed by atoms with Gasteiger partial charge in [-0.05, 0) is 54.8 Å². The lowest BCUT2D eigenvalue weighted by Crippen LogP contribution is -2.27. The Bertz CT molecular complexity index is 1040. The summed E-state index contributed by atoms with van der Waals surface area (Å²) in [6, 6.07) is 14.0. The van der Waals surface area contributed by atoms with Crippen molar-refractivity contribution in [2.75, 3.05) is 6.54 Å². The van der Waals surface area contributed by atoms with Gasteiger partial charge in [0.25, 0.3) is 5.91 Å². The fourth-order valence-electron chi connectivity index (χ4n) is 2.68. The predicted molar refractivity (Wildman–Crippen MR) is 102 cm³/mol. The first-order chi connectivity index (χ1) is 12.8. The molecule has 0 unspecified atom stereocenters. The fraction of sp³-hybridized carbons (Fsp3) is 0.158. The van der Waals surface area contributed by atoms with Gasteiger partial charge in [0.15, 0.2) is 0 Å². The van der Waals surface area contributed by atoms with Gasteiger partial charge in [-0.3, -0.25) is 4.79 Å². The Morgan fingerprint density at radius 3 is 2.56 bits per heavy atom. The zero-order valence-electron chi connectivity index (χ0n) is 14.8. The molecule has 27 heavy (non-hydrogen) atoms. The number of aromatic nitrogens is 2. The topological polar surface area (TPSA) is 107 Å². The minimum absolute atomic E-state index is 0.0764. The molecule has 0 bridgehead atoms. The molecule has 2 aromatic carbocycles. The van der Waals surface area contributed by atoms with Crippen LogP contribution in [0.2, 0.25) is 0 Å². The highest BCUT2D eigenvalue weighted by Gasteiger charge is 2.14. The highest BCUT2D eigenvalue weighted by molar-refractivity contribution is 7.89. The number of carbonyl (C=O) groups excluding carboxylic acids is 1. The highest BCUT2D eigenvalue weighted by atomic mass is 32.2. The Kier molecular flexibility index (Phi) is 5.38. The van der Waals surface area contributed by atoms with E-state index in [0.717, 1.165) is 11.3 Å². The van der Waals surface area contributed by atoms with E-state index in [4.69, 9.17) is 5.14 Å². The summed E-state index contributed by atoms with van der Waals surface area (Å²) in [6.45, 7) is 2.18. The van der Waals surface area contributed by atoms with Crippen LogP contribution in [0.15, 0.2) is 65.8 Å². The van der Waals surface area contributed by atoms with Crippen LogP contribution in [-0.4, -0.2) is 30.7 Å². The average Bonchev–Trinajstić information content (AvgIpc) is 3.16. The molecular weight excluding hydrogens is 364 g/mol. The maximum absolute atomic E-state index is 12.4. The van der Waals surface area contributed by atoms with E-state index in [2.05, 4.69) is 10.4 Å². The number of rotatable bonds is 6. The molecule has 1 aromatic heterocycles. The molecule has 3 aromatic rings. The van der Waals surface area contributed by atoms with E-state index in [9.17, 15) is 13.2 Å². The van der Waals surface area contributed by atoms with Crippen molar-refractivity contribution in [3.63, 3.8) is 0 Å². The second-order valence-electron chi connectivity index (χ2n) is 6.14. The average molecular weight is 384 g/mol. The Morgan fingerprint density at radius 2 is 1.93 bits per heavy atom. The van der Waals surface area contributed by atoms with E-state index >= 15 is 0 Å². The third kappa shape index (κ3) is 4.60. The first-order valence-electron chi connectivity index (χ1n) is 8.35. The van der Waals surface area contributed by atoms with Gasteiger partial charge in [0.2, 0.25) is 10.0 Å². The number of hydrogen-bond acceptors (Lipinski definition) is 4. The monoisotopic (exact) mass is 384 g/mol. The second-order valence-corrected chi connectivity index (χ2v) is 7.71. The largest absolute Gasteiger partial charge is 0.352 e. The molecule has 3 N–H and O–H groups in total. The van der Waals surface area contributed by atoms with Crippen molar-refractivity contribution in [1.29, 1.82) is 0 Å². The predicted octanol–water partition coefficient (Wildman–Crippen LogP) is 1.80. The molecule has 0 fully saturated rings.